The summed E-state index contributed by atoms with van der Waals surface area (Å²) in [4.78, 5) is 18.8. The Morgan fingerprint density at radius 3 is 2.39 bits per heavy atom. The highest BCUT2D eigenvalue weighted by atomic mass is 19.4. The van der Waals surface area contributed by atoms with Gasteiger partial charge in [-0.05, 0) is 61.2 Å². The Hall–Kier alpha value is -3.29. The second-order valence-corrected chi connectivity index (χ2v) is 7.67. The number of halogens is 3. The maximum Gasteiger partial charge on any atom is 0.573 e. The van der Waals surface area contributed by atoms with Crippen LogP contribution >= 0.6 is 0 Å². The third-order valence-corrected chi connectivity index (χ3v) is 4.86. The number of aromatic nitrogens is 2. The molecule has 0 aliphatic heterocycles. The molecule has 0 radical (unpaired) electrons. The summed E-state index contributed by atoms with van der Waals surface area (Å²) >= 11 is 0. The molecule has 164 valence electrons. The average molecular weight is 431 g/mol. The predicted octanol–water partition coefficient (Wildman–Crippen LogP) is 5.34. The van der Waals surface area contributed by atoms with Gasteiger partial charge in [-0.1, -0.05) is 24.3 Å². The summed E-state index contributed by atoms with van der Waals surface area (Å²) in [6.07, 6.45) is -1.46. The van der Waals surface area contributed by atoms with Crippen molar-refractivity contribution in [2.75, 3.05) is 0 Å². The molecule has 0 aliphatic carbocycles. The minimum atomic E-state index is -4.72. The molecule has 1 aromatic heterocycles. The molecular formula is C23H24F3N3O2. The summed E-state index contributed by atoms with van der Waals surface area (Å²) in [5.74, 6) is -0.427. The number of hydrogen-bond donors (Lipinski definition) is 0. The van der Waals surface area contributed by atoms with Gasteiger partial charge in [0, 0.05) is 25.8 Å². The summed E-state index contributed by atoms with van der Waals surface area (Å²) in [5.41, 5.74) is 3.91. The summed E-state index contributed by atoms with van der Waals surface area (Å²) in [5, 5.41) is 0. The SMILES string of the molecule is Cc1ccc(CN(C(=O)c2cn(C)cn2)C(C)C)cc1-c1ccc(OC(F)(F)F)cc1. The van der Waals surface area contributed by atoms with Crippen LogP contribution in [-0.2, 0) is 13.6 Å². The molecule has 5 nitrogen and oxygen atoms in total. The number of carbonyl (C=O) groups excluding carboxylic acids is 1. The van der Waals surface area contributed by atoms with Crippen LogP contribution in [0.25, 0.3) is 11.1 Å². The van der Waals surface area contributed by atoms with Crippen molar-refractivity contribution in [2.24, 2.45) is 7.05 Å². The number of benzene rings is 2. The first-order valence-electron chi connectivity index (χ1n) is 9.78. The number of carbonyl (C=O) groups is 1. The molecule has 3 rings (SSSR count). The lowest BCUT2D eigenvalue weighted by Gasteiger charge is -2.26. The normalized spacial score (nSPS) is 11.6. The molecule has 31 heavy (non-hydrogen) atoms. The molecule has 0 fully saturated rings. The largest absolute Gasteiger partial charge is 0.573 e. The number of ether oxygens (including phenoxy) is 1. The van der Waals surface area contributed by atoms with Gasteiger partial charge in [0.05, 0.1) is 6.33 Å². The van der Waals surface area contributed by atoms with Gasteiger partial charge in [-0.3, -0.25) is 4.79 Å². The zero-order valence-corrected chi connectivity index (χ0v) is 17.8. The summed E-state index contributed by atoms with van der Waals surface area (Å²) < 4.78 is 42.9. The first-order chi connectivity index (χ1) is 14.5. The number of hydrogen-bond acceptors (Lipinski definition) is 3. The van der Waals surface area contributed by atoms with E-state index in [4.69, 9.17) is 0 Å². The lowest BCUT2D eigenvalue weighted by molar-refractivity contribution is -0.274. The Kier molecular flexibility index (Phi) is 6.38. The summed E-state index contributed by atoms with van der Waals surface area (Å²) in [6, 6.07) is 11.6. The van der Waals surface area contributed by atoms with Crippen molar-refractivity contribution < 1.29 is 22.7 Å². The van der Waals surface area contributed by atoms with Crippen LogP contribution < -0.4 is 4.74 Å². The predicted molar refractivity (Wildman–Crippen MR) is 112 cm³/mol. The quantitative estimate of drug-likeness (QED) is 0.529. The molecule has 0 aliphatic rings. The van der Waals surface area contributed by atoms with Crippen LogP contribution in [0.15, 0.2) is 55.0 Å². The summed E-state index contributed by atoms with van der Waals surface area (Å²) in [7, 11) is 1.81. The minimum absolute atomic E-state index is 0.0435. The first kappa shape index (κ1) is 22.4. The van der Waals surface area contributed by atoms with Gasteiger partial charge >= 0.3 is 6.36 Å². The second kappa shape index (κ2) is 8.83. The molecule has 0 bridgehead atoms. The van der Waals surface area contributed by atoms with E-state index in [0.717, 1.165) is 22.3 Å². The molecular weight excluding hydrogens is 407 g/mol. The van der Waals surface area contributed by atoms with E-state index in [1.807, 2.05) is 39.0 Å². The van der Waals surface area contributed by atoms with Crippen molar-refractivity contribution >= 4 is 5.91 Å². The molecule has 0 N–H and O–H groups in total. The maximum atomic E-state index is 12.9. The molecule has 0 unspecified atom stereocenters. The Morgan fingerprint density at radius 1 is 1.16 bits per heavy atom. The van der Waals surface area contributed by atoms with Crippen LogP contribution in [0.4, 0.5) is 13.2 Å². The van der Waals surface area contributed by atoms with E-state index in [9.17, 15) is 18.0 Å². The Morgan fingerprint density at radius 2 is 1.84 bits per heavy atom. The van der Waals surface area contributed by atoms with Crippen molar-refractivity contribution in [3.63, 3.8) is 0 Å². The van der Waals surface area contributed by atoms with E-state index in [1.165, 1.54) is 12.1 Å². The van der Waals surface area contributed by atoms with Crippen molar-refractivity contribution in [1.82, 2.24) is 14.5 Å². The topological polar surface area (TPSA) is 47.4 Å². The summed E-state index contributed by atoms with van der Waals surface area (Å²) in [6.45, 7) is 6.19. The van der Waals surface area contributed by atoms with Crippen molar-refractivity contribution in [3.8, 4) is 16.9 Å². The lowest BCUT2D eigenvalue weighted by atomic mass is 9.97. The number of imidazole rings is 1. The molecule has 0 spiro atoms. The zero-order chi connectivity index (χ0) is 22.8. The molecule has 2 aromatic carbocycles. The molecule has 3 aromatic rings. The van der Waals surface area contributed by atoms with Crippen LogP contribution in [0.5, 0.6) is 5.75 Å². The standard InChI is InChI=1S/C23H24F3N3O2/c1-15(2)29(22(30)21-13-28(4)14-27-21)12-17-6-5-16(3)20(11-17)18-7-9-19(10-8-18)31-23(24,25)26/h5-11,13-15H,12H2,1-4H3. The number of rotatable bonds is 6. The van der Waals surface area contributed by atoms with Crippen LogP contribution in [0.3, 0.4) is 0 Å². The first-order valence-corrected chi connectivity index (χ1v) is 9.78. The number of alkyl halides is 3. The van der Waals surface area contributed by atoms with Crippen LogP contribution in [0.2, 0.25) is 0 Å². The molecule has 0 saturated carbocycles. The van der Waals surface area contributed by atoms with E-state index >= 15 is 0 Å². The number of amides is 1. The molecule has 1 amide bonds. The van der Waals surface area contributed by atoms with Crippen molar-refractivity contribution in [1.29, 1.82) is 0 Å². The Bertz CT molecular complexity index is 1060. The fourth-order valence-electron chi connectivity index (χ4n) is 3.27. The van der Waals surface area contributed by atoms with Crippen molar-refractivity contribution in [3.05, 3.63) is 71.8 Å². The molecule has 1 heterocycles. The van der Waals surface area contributed by atoms with E-state index in [1.54, 1.807) is 41.2 Å². The van der Waals surface area contributed by atoms with Gasteiger partial charge in [-0.2, -0.15) is 0 Å². The van der Waals surface area contributed by atoms with E-state index in [0.29, 0.717) is 12.2 Å². The lowest BCUT2D eigenvalue weighted by Crippen LogP contribution is -2.36. The molecule has 8 heteroatoms. The third kappa shape index (κ3) is 5.65. The highest BCUT2D eigenvalue weighted by Crippen LogP contribution is 2.29. The minimum Gasteiger partial charge on any atom is -0.406 e. The van der Waals surface area contributed by atoms with Crippen LogP contribution in [-0.4, -0.2) is 32.8 Å². The van der Waals surface area contributed by atoms with Crippen LogP contribution in [0.1, 0.15) is 35.5 Å². The van der Waals surface area contributed by atoms with Gasteiger partial charge in [0.2, 0.25) is 0 Å². The third-order valence-electron chi connectivity index (χ3n) is 4.86. The van der Waals surface area contributed by atoms with Gasteiger partial charge < -0.3 is 14.2 Å². The van der Waals surface area contributed by atoms with Crippen LogP contribution in [0, 0.1) is 6.92 Å². The van der Waals surface area contributed by atoms with Gasteiger partial charge in [0.15, 0.2) is 0 Å². The van der Waals surface area contributed by atoms with Gasteiger partial charge in [-0.15, -0.1) is 13.2 Å². The highest BCUT2D eigenvalue weighted by molar-refractivity contribution is 5.92. The number of aryl methyl sites for hydroxylation is 2. The zero-order valence-electron chi connectivity index (χ0n) is 17.8. The molecule has 0 atom stereocenters. The second-order valence-electron chi connectivity index (χ2n) is 7.67. The van der Waals surface area contributed by atoms with Gasteiger partial charge in [-0.25, -0.2) is 4.98 Å². The monoisotopic (exact) mass is 431 g/mol. The fourth-order valence-corrected chi connectivity index (χ4v) is 3.27. The smallest absolute Gasteiger partial charge is 0.406 e. The Labute approximate surface area is 179 Å². The maximum absolute atomic E-state index is 12.9. The highest BCUT2D eigenvalue weighted by Gasteiger charge is 2.31. The van der Waals surface area contributed by atoms with E-state index in [-0.39, 0.29) is 17.7 Å². The van der Waals surface area contributed by atoms with E-state index < -0.39 is 6.36 Å². The molecule has 0 saturated heterocycles. The number of nitrogens with zero attached hydrogens (tertiary/aromatic N) is 3. The Balaban J connectivity index is 1.85. The van der Waals surface area contributed by atoms with Gasteiger partial charge in [0.25, 0.3) is 5.91 Å². The van der Waals surface area contributed by atoms with E-state index in [2.05, 4.69) is 9.72 Å². The van der Waals surface area contributed by atoms with Gasteiger partial charge in [0.1, 0.15) is 11.4 Å². The van der Waals surface area contributed by atoms with Crippen molar-refractivity contribution in [2.45, 2.75) is 39.7 Å². The fraction of sp³-hybridized carbons (Fsp3) is 0.304. The average Bonchev–Trinajstić information content (AvgIpc) is 3.12.